The van der Waals surface area contributed by atoms with E-state index in [0.717, 1.165) is 62.9 Å². The van der Waals surface area contributed by atoms with E-state index >= 15 is 0 Å². The predicted octanol–water partition coefficient (Wildman–Crippen LogP) is 27.9. The fourth-order valence-corrected chi connectivity index (χ4v) is 7.67. The van der Waals surface area contributed by atoms with Gasteiger partial charge in [-0.05, 0) is 132 Å². The van der Waals surface area contributed by atoms with E-state index in [-0.39, 0.29) is 5.92 Å². The van der Waals surface area contributed by atoms with Crippen molar-refractivity contribution in [2.45, 2.75) is 332 Å². The zero-order valence-corrected chi connectivity index (χ0v) is 61.1. The summed E-state index contributed by atoms with van der Waals surface area (Å²) in [6, 6.07) is 0. The van der Waals surface area contributed by atoms with Crippen molar-refractivity contribution in [3.8, 4) is 0 Å². The first-order valence-electron chi connectivity index (χ1n) is 33.5. The van der Waals surface area contributed by atoms with Gasteiger partial charge in [-0.2, -0.15) is 0 Å². The lowest BCUT2D eigenvalue weighted by atomic mass is 9.81. The highest BCUT2D eigenvalue weighted by atomic mass is 35.5. The Morgan fingerprint density at radius 3 is 1.49 bits per heavy atom. The lowest BCUT2D eigenvalue weighted by Crippen LogP contribution is -2.34. The maximum absolute atomic E-state index is 10.5. The molecule has 484 valence electrons. The molecular formula is C77H157ClO2. The molecule has 1 aliphatic rings. The third kappa shape index (κ3) is 89.7. The highest BCUT2D eigenvalue weighted by Crippen LogP contribution is 2.31. The van der Waals surface area contributed by atoms with E-state index in [1.54, 1.807) is 6.08 Å². The van der Waals surface area contributed by atoms with Gasteiger partial charge in [0.2, 0.25) is 0 Å². The fraction of sp³-hybridized carbons (Fsp3) is 0.766. The van der Waals surface area contributed by atoms with Crippen LogP contribution in [0, 0.1) is 41.4 Å². The van der Waals surface area contributed by atoms with Crippen LogP contribution in [-0.4, -0.2) is 29.3 Å². The molecule has 2 nitrogen and oxygen atoms in total. The molecule has 0 bridgehead atoms. The Kier molecular flexibility index (Phi) is 117. The molecule has 1 fully saturated rings. The summed E-state index contributed by atoms with van der Waals surface area (Å²) in [4.78, 5) is 0. The van der Waals surface area contributed by atoms with Crippen molar-refractivity contribution < 1.29 is 10.2 Å². The fourth-order valence-electron chi connectivity index (χ4n) is 7.67. The zero-order valence-electron chi connectivity index (χ0n) is 60.4. The number of unbranched alkanes of at least 4 members (excludes halogenated alkanes) is 8. The molecule has 3 heteroatoms. The highest BCUT2D eigenvalue weighted by molar-refractivity contribution is 6.15. The first-order valence-corrected chi connectivity index (χ1v) is 34.2. The number of hydrogen-bond acceptors (Lipinski definition) is 2. The Bertz CT molecular complexity index is 1260. The van der Waals surface area contributed by atoms with Gasteiger partial charge >= 0.3 is 0 Å². The lowest BCUT2D eigenvalue weighted by molar-refractivity contribution is 0.0413. The Morgan fingerprint density at radius 1 is 0.637 bits per heavy atom. The molecule has 0 radical (unpaired) electrons. The Labute approximate surface area is 516 Å². The van der Waals surface area contributed by atoms with Crippen molar-refractivity contribution >= 4 is 11.6 Å². The lowest BCUT2D eigenvalue weighted by Gasteiger charge is -2.31. The zero-order chi connectivity index (χ0) is 65.2. The van der Waals surface area contributed by atoms with Crippen LogP contribution < -0.4 is 0 Å². The molecule has 0 aromatic heterocycles. The molecule has 5 unspecified atom stereocenters. The molecule has 0 aromatic carbocycles. The SMILES string of the molecule is C=C.C=C(CCCC)[C@H](C)/C=C(\C)C(C)CC.C=CC(=C)C(C)(O)C(C)CCCCC/C(C)=C/C=C/C=C/CCC(C)C.C=CCC.CC.CC.CC.CCC1CCCC(C)C1.CCCCCC.CCCCCC(C)C.CCl.CO. The van der Waals surface area contributed by atoms with E-state index in [1.165, 1.54) is 152 Å². The molecule has 0 aromatic rings. The van der Waals surface area contributed by atoms with Gasteiger partial charge in [0.25, 0.3) is 0 Å². The van der Waals surface area contributed by atoms with Gasteiger partial charge in [0.1, 0.15) is 0 Å². The summed E-state index contributed by atoms with van der Waals surface area (Å²) in [6.45, 7) is 73.3. The minimum Gasteiger partial charge on any atom is -0.400 e. The molecule has 6 atom stereocenters. The third-order valence-electron chi connectivity index (χ3n) is 13.9. The molecule has 1 aliphatic carbocycles. The second-order valence-electron chi connectivity index (χ2n) is 21.8. The molecule has 1 rings (SSSR count). The minimum absolute atomic E-state index is 0.204. The van der Waals surface area contributed by atoms with Crippen LogP contribution in [0.3, 0.4) is 0 Å². The molecule has 0 heterocycles. The second kappa shape index (κ2) is 90.6. The standard InChI is InChI=1S/C25H42O.C15H28.C9H18.C8H18.C6H14.C4H8.3C2H6.C2H4.CH3Cl.CH4O/c1-8-23(5)25(7,26)24(6)20-16-12-15-19-22(4)18-14-11-9-10-13-17-21(2)3;1-7-9-10-13(4)15(6)11-14(5)12(3)8-2;1-3-9-6-4-5-8(2)7-9;1-4-5-6-7-8(2)3;1-3-5-6-4-2;1-3-4-2;6*1-2/h8-11,14,18,21,24,26H,1,5,12-13,15-17,19-20H2,2-4,6-7H3;11-12,15H,4,7-10H2,1-3,5-6H3;8-9H,3-7H2,1-2H3;8H,4-7H2,1-3H3;3-6H2,1-2H3;3H,1,4H2,2H3;3*1-2H3;1-2H2;1H3;2H,1H3/b10-9+,14-11+,22-18+;14-11+;;;;;;;;;;/t;12?,15-;;;;;;;;;;/m.1........../s1. The van der Waals surface area contributed by atoms with Gasteiger partial charge in [-0.15, -0.1) is 31.3 Å². The summed E-state index contributed by atoms with van der Waals surface area (Å²) in [7, 11) is 1.00. The van der Waals surface area contributed by atoms with Crippen LogP contribution in [0.5, 0.6) is 0 Å². The summed E-state index contributed by atoms with van der Waals surface area (Å²) < 4.78 is 0. The molecule has 0 aliphatic heterocycles. The van der Waals surface area contributed by atoms with Crippen molar-refractivity contribution in [2.75, 3.05) is 13.5 Å². The molecule has 0 amide bonds. The van der Waals surface area contributed by atoms with E-state index in [4.69, 9.17) is 5.11 Å². The van der Waals surface area contributed by atoms with E-state index in [0.29, 0.717) is 17.4 Å². The Balaban J connectivity index is -0.0000000833. The van der Waals surface area contributed by atoms with Crippen molar-refractivity contribution in [2.24, 2.45) is 41.4 Å². The number of rotatable bonds is 30. The smallest absolute Gasteiger partial charge is 0.0888 e. The molecule has 0 spiro atoms. The summed E-state index contributed by atoms with van der Waals surface area (Å²) in [6.07, 6.45) is 51.0. The summed E-state index contributed by atoms with van der Waals surface area (Å²) >= 11 is 4.64. The van der Waals surface area contributed by atoms with Crippen LogP contribution in [0.1, 0.15) is 327 Å². The predicted molar refractivity (Wildman–Crippen MR) is 385 cm³/mol. The average molecular weight is 1150 g/mol. The van der Waals surface area contributed by atoms with Crippen LogP contribution in [0.4, 0.5) is 0 Å². The van der Waals surface area contributed by atoms with Crippen LogP contribution >= 0.6 is 11.6 Å². The number of allylic oxidation sites excluding steroid dienone is 10. The molecule has 2 N–H and O–H groups in total. The first kappa shape index (κ1) is 103. The molecule has 80 heavy (non-hydrogen) atoms. The topological polar surface area (TPSA) is 40.5 Å². The van der Waals surface area contributed by atoms with Gasteiger partial charge in [-0.1, -0.05) is 327 Å². The van der Waals surface area contributed by atoms with Crippen LogP contribution in [0.2, 0.25) is 0 Å². The summed E-state index contributed by atoms with van der Waals surface area (Å²) in [5.41, 5.74) is 4.21. The quantitative estimate of drug-likeness (QED) is 0.0326. The van der Waals surface area contributed by atoms with Gasteiger partial charge in [0.15, 0.2) is 0 Å². The number of halogens is 1. The van der Waals surface area contributed by atoms with E-state index < -0.39 is 5.60 Å². The summed E-state index contributed by atoms with van der Waals surface area (Å²) in [5.74, 6) is 5.23. The Morgan fingerprint density at radius 2 is 1.10 bits per heavy atom. The summed E-state index contributed by atoms with van der Waals surface area (Å²) in [5, 5.41) is 17.5. The van der Waals surface area contributed by atoms with Crippen LogP contribution in [0.15, 0.2) is 110 Å². The Hall–Kier alpha value is -2.13. The number of hydrogen-bond donors (Lipinski definition) is 2. The first-order chi connectivity index (χ1) is 38.2. The van der Waals surface area contributed by atoms with Crippen LogP contribution in [-0.2, 0) is 0 Å². The van der Waals surface area contributed by atoms with Crippen molar-refractivity contribution in [1.29, 1.82) is 0 Å². The monoisotopic (exact) mass is 1150 g/mol. The molecular weight excluding hydrogens is 992 g/mol. The third-order valence-corrected chi connectivity index (χ3v) is 13.9. The van der Waals surface area contributed by atoms with Crippen molar-refractivity contribution in [3.63, 3.8) is 0 Å². The normalized spacial score (nSPS) is 14.9. The maximum atomic E-state index is 10.5. The average Bonchev–Trinajstić information content (AvgIpc) is 3.48. The van der Waals surface area contributed by atoms with Gasteiger partial charge < -0.3 is 10.2 Å². The van der Waals surface area contributed by atoms with E-state index in [1.807, 2.05) is 54.5 Å². The van der Waals surface area contributed by atoms with Crippen molar-refractivity contribution in [3.05, 3.63) is 110 Å². The molecule has 0 saturated heterocycles. The van der Waals surface area contributed by atoms with Crippen molar-refractivity contribution in [1.82, 2.24) is 0 Å². The van der Waals surface area contributed by atoms with Gasteiger partial charge in [0, 0.05) is 13.5 Å². The van der Waals surface area contributed by atoms with E-state index in [9.17, 15) is 5.11 Å². The van der Waals surface area contributed by atoms with Crippen LogP contribution in [0.25, 0.3) is 0 Å². The van der Waals surface area contributed by atoms with Gasteiger partial charge in [-0.3, -0.25) is 0 Å². The second-order valence-corrected chi connectivity index (χ2v) is 21.8. The van der Waals surface area contributed by atoms with E-state index in [2.05, 4.69) is 205 Å². The highest BCUT2D eigenvalue weighted by Gasteiger charge is 2.29. The number of alkyl halides is 1. The largest absolute Gasteiger partial charge is 0.400 e. The van der Waals surface area contributed by atoms with Gasteiger partial charge in [0.05, 0.1) is 5.60 Å². The maximum Gasteiger partial charge on any atom is 0.0888 e. The number of aliphatic hydroxyl groups is 2. The minimum atomic E-state index is -0.842. The van der Waals surface area contributed by atoms with Gasteiger partial charge in [-0.25, -0.2) is 0 Å². The molecule has 1 saturated carbocycles. The number of aliphatic hydroxyl groups excluding tert-OH is 1.